The maximum Gasteiger partial charge on any atom is 0.233 e. The molecule has 0 radical (unpaired) electrons. The SMILES string of the molecule is NCC1(C(=O)Nc2cnc(Br)cn2)CCOCC1. The fourth-order valence-electron chi connectivity index (χ4n) is 1.91. The first kappa shape index (κ1) is 13.4. The molecule has 98 valence electrons. The molecular formula is C11H15BrN4O2. The summed E-state index contributed by atoms with van der Waals surface area (Å²) in [5.74, 6) is 0.326. The van der Waals surface area contributed by atoms with Crippen molar-refractivity contribution in [2.75, 3.05) is 25.1 Å². The zero-order chi connectivity index (χ0) is 13.0. The molecule has 2 heterocycles. The molecule has 1 saturated heterocycles. The minimum atomic E-state index is -0.549. The summed E-state index contributed by atoms with van der Waals surface area (Å²) in [5.41, 5.74) is 5.21. The predicted molar refractivity (Wildman–Crippen MR) is 69.9 cm³/mol. The lowest BCUT2D eigenvalue weighted by Crippen LogP contribution is -2.46. The topological polar surface area (TPSA) is 90.1 Å². The molecule has 1 aliphatic heterocycles. The Hall–Kier alpha value is -1.05. The highest BCUT2D eigenvalue weighted by Crippen LogP contribution is 2.30. The molecule has 18 heavy (non-hydrogen) atoms. The van der Waals surface area contributed by atoms with Crippen LogP contribution < -0.4 is 11.1 Å². The van der Waals surface area contributed by atoms with Crippen molar-refractivity contribution in [2.24, 2.45) is 11.1 Å². The second kappa shape index (κ2) is 5.73. The molecule has 0 saturated carbocycles. The zero-order valence-electron chi connectivity index (χ0n) is 9.86. The molecule has 0 unspecified atom stereocenters. The predicted octanol–water partition coefficient (Wildman–Crippen LogP) is 0.933. The summed E-state index contributed by atoms with van der Waals surface area (Å²) in [6, 6.07) is 0. The van der Waals surface area contributed by atoms with Gasteiger partial charge < -0.3 is 15.8 Å². The van der Waals surface area contributed by atoms with E-state index in [0.717, 1.165) is 0 Å². The average Bonchev–Trinajstić information content (AvgIpc) is 2.42. The number of anilines is 1. The number of halogens is 1. The van der Waals surface area contributed by atoms with E-state index in [1.165, 1.54) is 12.4 Å². The highest BCUT2D eigenvalue weighted by molar-refractivity contribution is 9.10. The Kier molecular flexibility index (Phi) is 4.26. The number of amides is 1. The second-order valence-electron chi connectivity index (χ2n) is 4.28. The van der Waals surface area contributed by atoms with E-state index in [4.69, 9.17) is 10.5 Å². The number of nitrogens with one attached hydrogen (secondary N) is 1. The van der Waals surface area contributed by atoms with Gasteiger partial charge in [-0.1, -0.05) is 0 Å². The van der Waals surface area contributed by atoms with Gasteiger partial charge in [-0.25, -0.2) is 9.97 Å². The lowest BCUT2D eigenvalue weighted by atomic mass is 9.79. The average molecular weight is 315 g/mol. The van der Waals surface area contributed by atoms with E-state index in [1.807, 2.05) is 0 Å². The summed E-state index contributed by atoms with van der Waals surface area (Å²) in [6.45, 7) is 1.44. The summed E-state index contributed by atoms with van der Waals surface area (Å²) >= 11 is 3.19. The number of carbonyl (C=O) groups is 1. The van der Waals surface area contributed by atoms with Crippen molar-refractivity contribution in [2.45, 2.75) is 12.8 Å². The number of aromatic nitrogens is 2. The molecule has 0 aromatic carbocycles. The van der Waals surface area contributed by atoms with Gasteiger partial charge in [0, 0.05) is 19.8 Å². The van der Waals surface area contributed by atoms with Gasteiger partial charge in [-0.3, -0.25) is 4.79 Å². The number of nitrogens with zero attached hydrogens (tertiary/aromatic N) is 2. The maximum absolute atomic E-state index is 12.3. The highest BCUT2D eigenvalue weighted by atomic mass is 79.9. The molecular weight excluding hydrogens is 300 g/mol. The Morgan fingerprint density at radius 1 is 1.44 bits per heavy atom. The van der Waals surface area contributed by atoms with E-state index in [0.29, 0.717) is 43.0 Å². The number of hydrogen-bond acceptors (Lipinski definition) is 5. The standard InChI is InChI=1S/C11H15BrN4O2/c12-8-5-15-9(6-14-8)16-10(17)11(7-13)1-3-18-4-2-11/h5-6H,1-4,7,13H2,(H,15,16,17). The zero-order valence-corrected chi connectivity index (χ0v) is 11.4. The van der Waals surface area contributed by atoms with Gasteiger partial charge in [0.1, 0.15) is 4.60 Å². The van der Waals surface area contributed by atoms with Gasteiger partial charge in [-0.05, 0) is 28.8 Å². The third-order valence-corrected chi connectivity index (χ3v) is 3.59. The van der Waals surface area contributed by atoms with Crippen LogP contribution in [0.15, 0.2) is 17.0 Å². The fourth-order valence-corrected chi connectivity index (χ4v) is 2.12. The molecule has 1 aromatic rings. The van der Waals surface area contributed by atoms with Crippen LogP contribution in [0, 0.1) is 5.41 Å². The summed E-state index contributed by atoms with van der Waals surface area (Å²) in [7, 11) is 0. The Morgan fingerprint density at radius 2 is 2.17 bits per heavy atom. The highest BCUT2D eigenvalue weighted by Gasteiger charge is 2.38. The van der Waals surface area contributed by atoms with E-state index in [9.17, 15) is 4.79 Å². The minimum absolute atomic E-state index is 0.107. The number of nitrogens with two attached hydrogens (primary N) is 1. The van der Waals surface area contributed by atoms with Crippen molar-refractivity contribution in [1.82, 2.24) is 9.97 Å². The van der Waals surface area contributed by atoms with Crippen LogP contribution in [0.5, 0.6) is 0 Å². The molecule has 2 rings (SSSR count). The smallest absolute Gasteiger partial charge is 0.233 e. The van der Waals surface area contributed by atoms with Crippen LogP contribution in [0.2, 0.25) is 0 Å². The van der Waals surface area contributed by atoms with Gasteiger partial charge in [0.15, 0.2) is 5.82 Å². The van der Waals surface area contributed by atoms with E-state index >= 15 is 0 Å². The normalized spacial score (nSPS) is 18.3. The molecule has 0 aliphatic carbocycles. The van der Waals surface area contributed by atoms with Crippen LogP contribution in [0.3, 0.4) is 0 Å². The Bertz CT molecular complexity index is 418. The van der Waals surface area contributed by atoms with E-state index in [-0.39, 0.29) is 5.91 Å². The van der Waals surface area contributed by atoms with Crippen molar-refractivity contribution in [1.29, 1.82) is 0 Å². The van der Waals surface area contributed by atoms with Gasteiger partial charge >= 0.3 is 0 Å². The third kappa shape index (κ3) is 2.85. The van der Waals surface area contributed by atoms with Crippen LogP contribution in [-0.4, -0.2) is 35.6 Å². The summed E-state index contributed by atoms with van der Waals surface area (Å²) < 4.78 is 5.90. The fraction of sp³-hybridized carbons (Fsp3) is 0.545. The molecule has 0 bridgehead atoms. The quantitative estimate of drug-likeness (QED) is 0.866. The molecule has 1 aromatic heterocycles. The van der Waals surface area contributed by atoms with Crippen molar-refractivity contribution >= 4 is 27.7 Å². The lowest BCUT2D eigenvalue weighted by Gasteiger charge is -2.34. The van der Waals surface area contributed by atoms with Gasteiger partial charge in [0.25, 0.3) is 0 Å². The van der Waals surface area contributed by atoms with Crippen LogP contribution in [0.4, 0.5) is 5.82 Å². The van der Waals surface area contributed by atoms with Gasteiger partial charge in [-0.15, -0.1) is 0 Å². The largest absolute Gasteiger partial charge is 0.381 e. The number of hydrogen-bond donors (Lipinski definition) is 2. The molecule has 6 nitrogen and oxygen atoms in total. The first-order valence-corrected chi connectivity index (χ1v) is 6.52. The Labute approximate surface area is 113 Å². The van der Waals surface area contributed by atoms with Gasteiger partial charge in [-0.2, -0.15) is 0 Å². The van der Waals surface area contributed by atoms with Crippen LogP contribution in [0.25, 0.3) is 0 Å². The molecule has 0 spiro atoms. The van der Waals surface area contributed by atoms with E-state index in [2.05, 4.69) is 31.2 Å². The van der Waals surface area contributed by atoms with Crippen LogP contribution in [-0.2, 0) is 9.53 Å². The molecule has 1 aliphatic rings. The number of ether oxygens (including phenoxy) is 1. The number of rotatable bonds is 3. The Balaban J connectivity index is 2.07. The molecule has 3 N–H and O–H groups in total. The summed E-state index contributed by atoms with van der Waals surface area (Å²) in [6.07, 6.45) is 4.32. The molecule has 1 fully saturated rings. The third-order valence-electron chi connectivity index (χ3n) is 3.18. The molecule has 0 atom stereocenters. The Morgan fingerprint density at radius 3 is 2.72 bits per heavy atom. The number of carbonyl (C=O) groups excluding carboxylic acids is 1. The van der Waals surface area contributed by atoms with E-state index in [1.54, 1.807) is 0 Å². The van der Waals surface area contributed by atoms with Crippen molar-refractivity contribution in [3.05, 3.63) is 17.0 Å². The first-order valence-electron chi connectivity index (χ1n) is 5.73. The monoisotopic (exact) mass is 314 g/mol. The van der Waals surface area contributed by atoms with Crippen molar-refractivity contribution in [3.63, 3.8) is 0 Å². The first-order chi connectivity index (χ1) is 8.66. The van der Waals surface area contributed by atoms with E-state index < -0.39 is 5.41 Å². The summed E-state index contributed by atoms with van der Waals surface area (Å²) in [4.78, 5) is 20.4. The second-order valence-corrected chi connectivity index (χ2v) is 5.09. The van der Waals surface area contributed by atoms with Gasteiger partial charge in [0.05, 0.1) is 17.8 Å². The van der Waals surface area contributed by atoms with Crippen LogP contribution >= 0.6 is 15.9 Å². The van der Waals surface area contributed by atoms with Crippen molar-refractivity contribution < 1.29 is 9.53 Å². The van der Waals surface area contributed by atoms with Gasteiger partial charge in [0.2, 0.25) is 5.91 Å². The lowest BCUT2D eigenvalue weighted by molar-refractivity contribution is -0.130. The maximum atomic E-state index is 12.3. The van der Waals surface area contributed by atoms with Crippen LogP contribution in [0.1, 0.15) is 12.8 Å². The minimum Gasteiger partial charge on any atom is -0.381 e. The molecule has 7 heteroatoms. The van der Waals surface area contributed by atoms with Crippen molar-refractivity contribution in [3.8, 4) is 0 Å². The summed E-state index contributed by atoms with van der Waals surface area (Å²) in [5, 5.41) is 2.76. The molecule has 1 amide bonds.